The van der Waals surface area contributed by atoms with Crippen molar-refractivity contribution in [1.29, 1.82) is 0 Å². The average Bonchev–Trinajstić information content (AvgIpc) is 2.39. The number of benzene rings is 1. The summed E-state index contributed by atoms with van der Waals surface area (Å²) in [4.78, 5) is 32.9. The molecule has 1 heterocycles. The topological polar surface area (TPSA) is 102 Å². The lowest BCUT2D eigenvalue weighted by atomic mass is 10.1. The minimum absolute atomic E-state index is 0.0395. The molecule has 0 bridgehead atoms. The minimum atomic E-state index is -1.15. The summed E-state index contributed by atoms with van der Waals surface area (Å²) in [6.45, 7) is 1.61. The van der Waals surface area contributed by atoms with Crippen LogP contribution >= 0.6 is 0 Å². The van der Waals surface area contributed by atoms with Crippen molar-refractivity contribution in [1.82, 2.24) is 4.57 Å². The number of non-ortho nitro benzene ring substituents is 1. The Balaban J connectivity index is 2.62. The molecule has 0 aliphatic carbocycles. The SMILES string of the molecule is Cc1cc([N+](=O)[O-])ccc1-n1cc(C(=O)O)ccc1=O. The van der Waals surface area contributed by atoms with Gasteiger partial charge >= 0.3 is 5.97 Å². The number of aromatic carboxylic acids is 1. The minimum Gasteiger partial charge on any atom is -0.478 e. The number of nitro groups is 1. The van der Waals surface area contributed by atoms with Crippen LogP contribution in [-0.2, 0) is 0 Å². The summed E-state index contributed by atoms with van der Waals surface area (Å²) < 4.78 is 1.16. The molecule has 102 valence electrons. The van der Waals surface area contributed by atoms with E-state index in [-0.39, 0.29) is 11.3 Å². The van der Waals surface area contributed by atoms with E-state index in [0.717, 1.165) is 10.6 Å². The van der Waals surface area contributed by atoms with Crippen LogP contribution in [0, 0.1) is 17.0 Å². The van der Waals surface area contributed by atoms with Gasteiger partial charge in [-0.15, -0.1) is 0 Å². The molecule has 0 aliphatic heterocycles. The maximum absolute atomic E-state index is 11.8. The van der Waals surface area contributed by atoms with E-state index in [1.165, 1.54) is 30.5 Å². The van der Waals surface area contributed by atoms with E-state index in [4.69, 9.17) is 5.11 Å². The maximum Gasteiger partial charge on any atom is 0.337 e. The Morgan fingerprint density at radius 1 is 1.30 bits per heavy atom. The van der Waals surface area contributed by atoms with Gasteiger partial charge in [-0.1, -0.05) is 0 Å². The zero-order valence-electron chi connectivity index (χ0n) is 10.4. The third-order valence-corrected chi connectivity index (χ3v) is 2.81. The lowest BCUT2D eigenvalue weighted by molar-refractivity contribution is -0.384. The highest BCUT2D eigenvalue weighted by molar-refractivity contribution is 5.87. The molecular weight excluding hydrogens is 264 g/mol. The summed E-state index contributed by atoms with van der Waals surface area (Å²) in [6, 6.07) is 6.37. The number of carbonyl (C=O) groups is 1. The first-order valence-electron chi connectivity index (χ1n) is 5.61. The van der Waals surface area contributed by atoms with E-state index in [2.05, 4.69) is 0 Å². The van der Waals surface area contributed by atoms with Gasteiger partial charge in [0.25, 0.3) is 11.2 Å². The summed E-state index contributed by atoms with van der Waals surface area (Å²) >= 11 is 0. The summed E-state index contributed by atoms with van der Waals surface area (Å²) in [5.41, 5.74) is 0.371. The van der Waals surface area contributed by atoms with Crippen molar-refractivity contribution in [3.8, 4) is 5.69 Å². The fourth-order valence-corrected chi connectivity index (χ4v) is 1.83. The maximum atomic E-state index is 11.8. The molecule has 0 saturated carbocycles. The molecule has 0 unspecified atom stereocenters. The van der Waals surface area contributed by atoms with Gasteiger partial charge in [-0.3, -0.25) is 19.5 Å². The second-order valence-electron chi connectivity index (χ2n) is 4.16. The molecule has 1 aromatic heterocycles. The Morgan fingerprint density at radius 3 is 2.55 bits per heavy atom. The van der Waals surface area contributed by atoms with E-state index in [0.29, 0.717) is 11.3 Å². The third-order valence-electron chi connectivity index (χ3n) is 2.81. The van der Waals surface area contributed by atoms with Gasteiger partial charge in [-0.2, -0.15) is 0 Å². The molecule has 2 aromatic rings. The third kappa shape index (κ3) is 2.41. The Bertz CT molecular complexity index is 764. The molecular formula is C13H10N2O5. The van der Waals surface area contributed by atoms with Crippen molar-refractivity contribution in [3.63, 3.8) is 0 Å². The number of aromatic nitrogens is 1. The van der Waals surface area contributed by atoms with Crippen LogP contribution < -0.4 is 5.56 Å². The van der Waals surface area contributed by atoms with Gasteiger partial charge in [0, 0.05) is 24.4 Å². The first kappa shape index (κ1) is 13.5. The quantitative estimate of drug-likeness (QED) is 0.678. The van der Waals surface area contributed by atoms with E-state index in [1.54, 1.807) is 6.92 Å². The van der Waals surface area contributed by atoms with Crippen LogP contribution in [0.15, 0.2) is 41.3 Å². The van der Waals surface area contributed by atoms with Gasteiger partial charge in [0.05, 0.1) is 16.2 Å². The van der Waals surface area contributed by atoms with E-state index >= 15 is 0 Å². The van der Waals surface area contributed by atoms with Crippen molar-refractivity contribution in [3.05, 3.63) is 68.1 Å². The molecule has 1 aromatic carbocycles. The second kappa shape index (κ2) is 4.96. The monoisotopic (exact) mass is 274 g/mol. The standard InChI is InChI=1S/C13H10N2O5/c1-8-6-10(15(19)20)3-4-11(8)14-7-9(13(17)18)2-5-12(14)16/h2-7H,1H3,(H,17,18). The van der Waals surface area contributed by atoms with Crippen LogP contribution in [0.4, 0.5) is 5.69 Å². The number of hydrogen-bond donors (Lipinski definition) is 1. The Kier molecular flexibility index (Phi) is 3.34. The number of rotatable bonds is 3. The molecule has 0 spiro atoms. The lowest BCUT2D eigenvalue weighted by Gasteiger charge is -2.09. The van der Waals surface area contributed by atoms with Crippen molar-refractivity contribution in [2.24, 2.45) is 0 Å². The first-order chi connectivity index (χ1) is 9.40. The number of pyridine rings is 1. The molecule has 0 amide bonds. The van der Waals surface area contributed by atoms with Crippen molar-refractivity contribution < 1.29 is 14.8 Å². The molecule has 0 aliphatic rings. The Morgan fingerprint density at radius 2 is 2.00 bits per heavy atom. The van der Waals surface area contributed by atoms with Crippen LogP contribution in [0.25, 0.3) is 5.69 Å². The fourth-order valence-electron chi connectivity index (χ4n) is 1.83. The van der Waals surface area contributed by atoms with Crippen LogP contribution in [0.1, 0.15) is 15.9 Å². The molecule has 0 saturated heterocycles. The number of hydrogen-bond acceptors (Lipinski definition) is 4. The van der Waals surface area contributed by atoms with Crippen LogP contribution in [0.2, 0.25) is 0 Å². The van der Waals surface area contributed by atoms with Gasteiger partial charge in [0.1, 0.15) is 0 Å². The van der Waals surface area contributed by atoms with Crippen molar-refractivity contribution >= 4 is 11.7 Å². The highest BCUT2D eigenvalue weighted by atomic mass is 16.6. The van der Waals surface area contributed by atoms with Crippen LogP contribution in [0.3, 0.4) is 0 Å². The predicted octanol–water partition coefficient (Wildman–Crippen LogP) is 1.75. The predicted molar refractivity (Wildman–Crippen MR) is 70.4 cm³/mol. The van der Waals surface area contributed by atoms with Gasteiger partial charge in [-0.05, 0) is 24.6 Å². The summed E-state index contributed by atoms with van der Waals surface area (Å²) in [5.74, 6) is -1.15. The molecule has 20 heavy (non-hydrogen) atoms. The summed E-state index contributed by atoms with van der Waals surface area (Å²) in [6.07, 6.45) is 1.19. The van der Waals surface area contributed by atoms with Crippen LogP contribution in [0.5, 0.6) is 0 Å². The number of carboxylic acids is 1. The van der Waals surface area contributed by atoms with E-state index in [1.807, 2.05) is 0 Å². The lowest BCUT2D eigenvalue weighted by Crippen LogP contribution is -2.19. The molecule has 7 nitrogen and oxygen atoms in total. The Hall–Kier alpha value is -2.96. The number of carboxylic acid groups (broad SMARTS) is 1. The molecule has 7 heteroatoms. The largest absolute Gasteiger partial charge is 0.478 e. The van der Waals surface area contributed by atoms with Gasteiger partial charge in [0.15, 0.2) is 0 Å². The fraction of sp³-hybridized carbons (Fsp3) is 0.0769. The van der Waals surface area contributed by atoms with Gasteiger partial charge < -0.3 is 5.11 Å². The first-order valence-corrected chi connectivity index (χ1v) is 5.61. The van der Waals surface area contributed by atoms with Gasteiger partial charge in [-0.25, -0.2) is 4.79 Å². The normalized spacial score (nSPS) is 10.2. The average molecular weight is 274 g/mol. The highest BCUT2D eigenvalue weighted by Gasteiger charge is 2.12. The summed E-state index contributed by atoms with van der Waals surface area (Å²) in [7, 11) is 0. The smallest absolute Gasteiger partial charge is 0.337 e. The summed E-state index contributed by atoms with van der Waals surface area (Å²) in [5, 5.41) is 19.6. The molecule has 0 fully saturated rings. The molecule has 0 atom stereocenters. The van der Waals surface area contributed by atoms with E-state index in [9.17, 15) is 19.7 Å². The zero-order valence-corrected chi connectivity index (χ0v) is 10.4. The zero-order chi connectivity index (χ0) is 14.9. The Labute approximate surface area is 112 Å². The van der Waals surface area contributed by atoms with Crippen molar-refractivity contribution in [2.75, 3.05) is 0 Å². The van der Waals surface area contributed by atoms with Gasteiger partial charge in [0.2, 0.25) is 0 Å². The second-order valence-corrected chi connectivity index (χ2v) is 4.16. The highest BCUT2D eigenvalue weighted by Crippen LogP contribution is 2.19. The molecule has 1 N–H and O–H groups in total. The van der Waals surface area contributed by atoms with Crippen molar-refractivity contribution in [2.45, 2.75) is 6.92 Å². The molecule has 0 radical (unpaired) electrons. The molecule has 2 rings (SSSR count). The van der Waals surface area contributed by atoms with E-state index < -0.39 is 16.5 Å². The number of nitro benzene ring substituents is 1. The number of aryl methyl sites for hydroxylation is 1. The van der Waals surface area contributed by atoms with Crippen LogP contribution in [-0.4, -0.2) is 20.6 Å². The number of nitrogens with zero attached hydrogens (tertiary/aromatic N) is 2.